The summed E-state index contributed by atoms with van der Waals surface area (Å²) in [5.74, 6) is -2.50. The van der Waals surface area contributed by atoms with Crippen molar-refractivity contribution in [3.63, 3.8) is 0 Å². The molecule has 2 aromatic carbocycles. The van der Waals surface area contributed by atoms with E-state index in [1.54, 1.807) is 0 Å². The standard InChI is InChI=1S/C13H9FN2O5/c14-10-5-7(16(20)21)1-4-11(10)15-13(19)9-3-2-8(17)6-12(9)18/h1-6,17-18H,(H,15,19). The van der Waals surface area contributed by atoms with Crippen molar-refractivity contribution in [2.45, 2.75) is 0 Å². The fourth-order valence-electron chi connectivity index (χ4n) is 1.62. The number of rotatable bonds is 3. The fourth-order valence-corrected chi connectivity index (χ4v) is 1.62. The predicted octanol–water partition coefficient (Wildman–Crippen LogP) is 2.40. The lowest BCUT2D eigenvalue weighted by Gasteiger charge is -2.08. The zero-order valence-corrected chi connectivity index (χ0v) is 10.4. The molecule has 0 bridgehead atoms. The molecule has 0 heterocycles. The van der Waals surface area contributed by atoms with E-state index in [0.717, 1.165) is 24.3 Å². The number of hydrogen-bond donors (Lipinski definition) is 3. The summed E-state index contributed by atoms with van der Waals surface area (Å²) in [6, 6.07) is 6.05. The normalized spacial score (nSPS) is 10.1. The summed E-state index contributed by atoms with van der Waals surface area (Å²) in [7, 11) is 0. The van der Waals surface area contributed by atoms with Crippen LogP contribution in [0.15, 0.2) is 36.4 Å². The number of halogens is 1. The number of phenolic OH excluding ortho intramolecular Hbond substituents is 2. The molecule has 0 unspecified atom stereocenters. The third-order valence-corrected chi connectivity index (χ3v) is 2.64. The molecule has 0 atom stereocenters. The minimum Gasteiger partial charge on any atom is -0.508 e. The molecule has 21 heavy (non-hydrogen) atoms. The number of nitrogens with one attached hydrogen (secondary N) is 1. The smallest absolute Gasteiger partial charge is 0.272 e. The SMILES string of the molecule is O=C(Nc1ccc([N+](=O)[O-])cc1F)c1ccc(O)cc1O. The first-order valence-corrected chi connectivity index (χ1v) is 5.66. The van der Waals surface area contributed by atoms with Gasteiger partial charge in [0, 0.05) is 12.1 Å². The topological polar surface area (TPSA) is 113 Å². The maximum atomic E-state index is 13.6. The molecule has 1 amide bonds. The van der Waals surface area contributed by atoms with Gasteiger partial charge in [-0.1, -0.05) is 0 Å². The Balaban J connectivity index is 2.25. The quantitative estimate of drug-likeness (QED) is 0.594. The Kier molecular flexibility index (Phi) is 3.70. The van der Waals surface area contributed by atoms with Gasteiger partial charge in [-0.3, -0.25) is 14.9 Å². The lowest BCUT2D eigenvalue weighted by molar-refractivity contribution is -0.385. The number of carbonyl (C=O) groups excluding carboxylic acids is 1. The van der Waals surface area contributed by atoms with Crippen molar-refractivity contribution in [3.05, 3.63) is 57.9 Å². The first-order valence-electron chi connectivity index (χ1n) is 5.66. The molecule has 0 saturated carbocycles. The number of phenols is 2. The molecule has 0 aliphatic rings. The van der Waals surface area contributed by atoms with Crippen LogP contribution >= 0.6 is 0 Å². The molecule has 0 spiro atoms. The van der Waals surface area contributed by atoms with Gasteiger partial charge in [0.15, 0.2) is 5.82 Å². The van der Waals surface area contributed by atoms with Gasteiger partial charge in [-0.2, -0.15) is 0 Å². The largest absolute Gasteiger partial charge is 0.508 e. The molecular formula is C13H9FN2O5. The van der Waals surface area contributed by atoms with Gasteiger partial charge in [0.1, 0.15) is 11.5 Å². The Bertz CT molecular complexity index is 732. The van der Waals surface area contributed by atoms with E-state index in [1.807, 2.05) is 0 Å². The van der Waals surface area contributed by atoms with Crippen LogP contribution in [0.1, 0.15) is 10.4 Å². The zero-order chi connectivity index (χ0) is 15.6. The van der Waals surface area contributed by atoms with Crippen LogP contribution in [0.5, 0.6) is 11.5 Å². The first kappa shape index (κ1) is 14.3. The van der Waals surface area contributed by atoms with E-state index in [9.17, 15) is 24.4 Å². The number of carbonyl (C=O) groups is 1. The van der Waals surface area contributed by atoms with E-state index in [0.29, 0.717) is 6.07 Å². The Morgan fingerprint density at radius 1 is 1.19 bits per heavy atom. The van der Waals surface area contributed by atoms with Crippen LogP contribution in [-0.2, 0) is 0 Å². The van der Waals surface area contributed by atoms with Crippen molar-refractivity contribution in [3.8, 4) is 11.5 Å². The van der Waals surface area contributed by atoms with E-state index in [2.05, 4.69) is 5.32 Å². The summed E-state index contributed by atoms with van der Waals surface area (Å²) in [6.07, 6.45) is 0. The molecule has 0 radical (unpaired) electrons. The third-order valence-electron chi connectivity index (χ3n) is 2.64. The van der Waals surface area contributed by atoms with Crippen molar-refractivity contribution in [1.82, 2.24) is 0 Å². The van der Waals surface area contributed by atoms with E-state index < -0.39 is 28.1 Å². The maximum Gasteiger partial charge on any atom is 0.272 e. The summed E-state index contributed by atoms with van der Waals surface area (Å²) in [5.41, 5.74) is -0.887. The van der Waals surface area contributed by atoms with Gasteiger partial charge in [-0.05, 0) is 18.2 Å². The highest BCUT2D eigenvalue weighted by Gasteiger charge is 2.16. The number of aromatic hydroxyl groups is 2. The van der Waals surface area contributed by atoms with Crippen molar-refractivity contribution in [2.75, 3.05) is 5.32 Å². The molecular weight excluding hydrogens is 283 g/mol. The highest BCUT2D eigenvalue weighted by molar-refractivity contribution is 6.06. The average Bonchev–Trinajstić information content (AvgIpc) is 2.40. The summed E-state index contributed by atoms with van der Waals surface area (Å²) >= 11 is 0. The molecule has 2 rings (SSSR count). The summed E-state index contributed by atoms with van der Waals surface area (Å²) < 4.78 is 13.6. The second-order valence-electron chi connectivity index (χ2n) is 4.08. The Hall–Kier alpha value is -3.16. The molecule has 8 heteroatoms. The van der Waals surface area contributed by atoms with Crippen LogP contribution in [0, 0.1) is 15.9 Å². The number of nitro groups is 1. The average molecular weight is 292 g/mol. The van der Waals surface area contributed by atoms with Gasteiger partial charge in [-0.25, -0.2) is 4.39 Å². The van der Waals surface area contributed by atoms with E-state index in [1.165, 1.54) is 6.07 Å². The molecule has 2 aromatic rings. The minimum atomic E-state index is -0.976. The Morgan fingerprint density at radius 3 is 2.48 bits per heavy atom. The Morgan fingerprint density at radius 2 is 1.90 bits per heavy atom. The summed E-state index contributed by atoms with van der Waals surface area (Å²) in [6.45, 7) is 0. The summed E-state index contributed by atoms with van der Waals surface area (Å²) in [5, 5.41) is 31.3. The van der Waals surface area contributed by atoms with Gasteiger partial charge in [0.05, 0.1) is 22.2 Å². The number of amides is 1. The summed E-state index contributed by atoms with van der Waals surface area (Å²) in [4.78, 5) is 21.6. The number of nitrogens with zero attached hydrogens (tertiary/aromatic N) is 1. The van der Waals surface area contributed by atoms with E-state index in [4.69, 9.17) is 5.11 Å². The molecule has 0 aliphatic carbocycles. The highest BCUT2D eigenvalue weighted by atomic mass is 19.1. The molecule has 0 aliphatic heterocycles. The second-order valence-corrected chi connectivity index (χ2v) is 4.08. The molecule has 0 saturated heterocycles. The van der Waals surface area contributed by atoms with Crippen LogP contribution < -0.4 is 5.32 Å². The lowest BCUT2D eigenvalue weighted by atomic mass is 10.1. The highest BCUT2D eigenvalue weighted by Crippen LogP contribution is 2.25. The Labute approximate surface area is 117 Å². The van der Waals surface area contributed by atoms with Crippen molar-refractivity contribution in [1.29, 1.82) is 0 Å². The predicted molar refractivity (Wildman–Crippen MR) is 70.8 cm³/mol. The van der Waals surface area contributed by atoms with Gasteiger partial charge in [0.25, 0.3) is 11.6 Å². The number of anilines is 1. The number of hydrogen-bond acceptors (Lipinski definition) is 5. The number of benzene rings is 2. The number of nitro benzene ring substituents is 1. The van der Waals surface area contributed by atoms with Gasteiger partial charge < -0.3 is 15.5 Å². The molecule has 108 valence electrons. The minimum absolute atomic E-state index is 0.175. The lowest BCUT2D eigenvalue weighted by Crippen LogP contribution is -2.13. The van der Waals surface area contributed by atoms with Crippen LogP contribution in [0.3, 0.4) is 0 Å². The third kappa shape index (κ3) is 3.06. The van der Waals surface area contributed by atoms with E-state index in [-0.39, 0.29) is 17.0 Å². The van der Waals surface area contributed by atoms with Crippen LogP contribution in [0.2, 0.25) is 0 Å². The van der Waals surface area contributed by atoms with Crippen molar-refractivity contribution < 1.29 is 24.3 Å². The van der Waals surface area contributed by atoms with Crippen LogP contribution in [0.25, 0.3) is 0 Å². The first-order chi connectivity index (χ1) is 9.88. The molecule has 0 fully saturated rings. The maximum absolute atomic E-state index is 13.6. The van der Waals surface area contributed by atoms with Crippen LogP contribution in [0.4, 0.5) is 15.8 Å². The van der Waals surface area contributed by atoms with Gasteiger partial charge >= 0.3 is 0 Å². The molecule has 0 aromatic heterocycles. The van der Waals surface area contributed by atoms with Crippen molar-refractivity contribution >= 4 is 17.3 Å². The van der Waals surface area contributed by atoms with Crippen molar-refractivity contribution in [2.24, 2.45) is 0 Å². The monoisotopic (exact) mass is 292 g/mol. The molecule has 3 N–H and O–H groups in total. The van der Waals surface area contributed by atoms with E-state index >= 15 is 0 Å². The second kappa shape index (κ2) is 5.45. The fraction of sp³-hybridized carbons (Fsp3) is 0. The number of non-ortho nitro benzene ring substituents is 1. The van der Waals surface area contributed by atoms with Crippen LogP contribution in [-0.4, -0.2) is 21.0 Å². The molecule has 7 nitrogen and oxygen atoms in total. The van der Waals surface area contributed by atoms with Gasteiger partial charge in [-0.15, -0.1) is 0 Å². The van der Waals surface area contributed by atoms with Gasteiger partial charge in [0.2, 0.25) is 0 Å². The zero-order valence-electron chi connectivity index (χ0n) is 10.4.